The number of fused-ring (bicyclic) bond motifs is 1. The molecular formula is C21H14F2O5S. The van der Waals surface area contributed by atoms with Gasteiger partial charge in [-0.3, -0.25) is 4.79 Å². The first-order chi connectivity index (χ1) is 14.0. The number of rotatable bonds is 5. The monoisotopic (exact) mass is 416 g/mol. The zero-order valence-electron chi connectivity index (χ0n) is 14.9. The lowest BCUT2D eigenvalue weighted by molar-refractivity contribution is 0.0478. The van der Waals surface area contributed by atoms with Gasteiger partial charge in [-0.15, -0.1) is 11.3 Å². The van der Waals surface area contributed by atoms with Gasteiger partial charge in [0, 0.05) is 4.88 Å². The third-order valence-corrected chi connectivity index (χ3v) is 5.31. The van der Waals surface area contributed by atoms with Gasteiger partial charge in [0.1, 0.15) is 29.7 Å². The summed E-state index contributed by atoms with van der Waals surface area (Å²) in [6, 6.07) is 11.3. The van der Waals surface area contributed by atoms with Crippen LogP contribution in [0.1, 0.15) is 20.0 Å². The molecule has 5 nitrogen and oxygen atoms in total. The van der Waals surface area contributed by atoms with Crippen LogP contribution in [0.3, 0.4) is 0 Å². The second-order valence-corrected chi connectivity index (χ2v) is 7.23. The fourth-order valence-electron chi connectivity index (χ4n) is 2.79. The Kier molecular flexibility index (Phi) is 5.26. The number of esters is 1. The summed E-state index contributed by atoms with van der Waals surface area (Å²) in [5.74, 6) is -1.86. The highest BCUT2D eigenvalue weighted by Crippen LogP contribution is 2.37. The number of thiophene rings is 1. The lowest BCUT2D eigenvalue weighted by atomic mass is 10.1. The van der Waals surface area contributed by atoms with E-state index in [1.54, 1.807) is 18.2 Å². The minimum absolute atomic E-state index is 0.280. The first-order valence-electron chi connectivity index (χ1n) is 8.66. The number of hydrogen-bond donors (Lipinski definition) is 0. The predicted octanol–water partition coefficient (Wildman–Crippen LogP) is 4.50. The van der Waals surface area contributed by atoms with Crippen LogP contribution in [-0.4, -0.2) is 31.6 Å². The van der Waals surface area contributed by atoms with Crippen molar-refractivity contribution in [3.63, 3.8) is 0 Å². The van der Waals surface area contributed by atoms with Crippen molar-refractivity contribution < 1.29 is 32.6 Å². The standard InChI is InChI=1S/C21H14F2O5S/c22-13-2-3-15(23)14(10-13)16(24)11-28-21(25)20-6-5-19(29-20)12-1-4-17-18(9-12)27-8-7-26-17/h1-6,9-10H,7-8,11H2. The maximum Gasteiger partial charge on any atom is 0.348 e. The molecule has 0 aliphatic carbocycles. The third kappa shape index (κ3) is 4.12. The molecule has 3 aromatic rings. The predicted molar refractivity (Wildman–Crippen MR) is 102 cm³/mol. The smallest absolute Gasteiger partial charge is 0.348 e. The number of halogens is 2. The summed E-state index contributed by atoms with van der Waals surface area (Å²) in [4.78, 5) is 25.3. The van der Waals surface area contributed by atoms with Crippen molar-refractivity contribution in [1.82, 2.24) is 0 Å². The molecule has 0 radical (unpaired) electrons. The van der Waals surface area contributed by atoms with Crippen molar-refractivity contribution in [2.75, 3.05) is 19.8 Å². The second kappa shape index (κ2) is 8.00. The minimum atomic E-state index is -0.871. The molecule has 0 fully saturated rings. The summed E-state index contributed by atoms with van der Waals surface area (Å²) in [6.07, 6.45) is 0. The van der Waals surface area contributed by atoms with Crippen LogP contribution in [-0.2, 0) is 4.74 Å². The van der Waals surface area contributed by atoms with E-state index < -0.39 is 35.6 Å². The van der Waals surface area contributed by atoms with Crippen LogP contribution in [0.25, 0.3) is 10.4 Å². The van der Waals surface area contributed by atoms with E-state index in [1.807, 2.05) is 12.1 Å². The topological polar surface area (TPSA) is 61.8 Å². The molecule has 8 heteroatoms. The van der Waals surface area contributed by atoms with Crippen LogP contribution >= 0.6 is 11.3 Å². The normalized spacial score (nSPS) is 12.5. The van der Waals surface area contributed by atoms with E-state index in [-0.39, 0.29) is 4.88 Å². The van der Waals surface area contributed by atoms with Crippen molar-refractivity contribution >= 4 is 23.1 Å². The molecule has 0 bridgehead atoms. The first-order valence-corrected chi connectivity index (χ1v) is 9.48. The first kappa shape index (κ1) is 19.1. The average molecular weight is 416 g/mol. The highest BCUT2D eigenvalue weighted by atomic mass is 32.1. The Hall–Kier alpha value is -3.26. The van der Waals surface area contributed by atoms with Crippen LogP contribution < -0.4 is 9.47 Å². The fourth-order valence-corrected chi connectivity index (χ4v) is 3.69. The molecule has 0 unspecified atom stereocenters. The SMILES string of the molecule is O=C(OCC(=O)c1cc(F)ccc1F)c1ccc(-c2ccc3c(c2)OCCO3)s1. The largest absolute Gasteiger partial charge is 0.486 e. The van der Waals surface area contributed by atoms with E-state index in [2.05, 4.69) is 0 Å². The highest BCUT2D eigenvalue weighted by Gasteiger charge is 2.18. The molecule has 0 amide bonds. The highest BCUT2D eigenvalue weighted by molar-refractivity contribution is 7.17. The molecule has 2 aromatic carbocycles. The van der Waals surface area contributed by atoms with Crippen molar-refractivity contribution in [1.29, 1.82) is 0 Å². The Labute approximate surface area is 168 Å². The van der Waals surface area contributed by atoms with E-state index in [1.165, 1.54) is 11.3 Å². The number of Topliss-reactive ketones (excluding diaryl/α,β-unsaturated/α-hetero) is 1. The van der Waals surface area contributed by atoms with Gasteiger partial charge >= 0.3 is 5.97 Å². The molecule has 0 saturated heterocycles. The Balaban J connectivity index is 1.43. The fraction of sp³-hybridized carbons (Fsp3) is 0.143. The van der Waals surface area contributed by atoms with E-state index in [9.17, 15) is 18.4 Å². The van der Waals surface area contributed by atoms with Gasteiger partial charge in [-0.2, -0.15) is 0 Å². The summed E-state index contributed by atoms with van der Waals surface area (Å²) in [5.41, 5.74) is 0.386. The summed E-state index contributed by atoms with van der Waals surface area (Å²) >= 11 is 1.18. The number of benzene rings is 2. The van der Waals surface area contributed by atoms with E-state index in [0.29, 0.717) is 24.7 Å². The van der Waals surface area contributed by atoms with Gasteiger partial charge < -0.3 is 14.2 Å². The summed E-state index contributed by atoms with van der Waals surface area (Å²) < 4.78 is 42.8. The number of carbonyl (C=O) groups is 2. The van der Waals surface area contributed by atoms with Gasteiger partial charge in [0.05, 0.1) is 5.56 Å². The minimum Gasteiger partial charge on any atom is -0.486 e. The molecule has 148 valence electrons. The van der Waals surface area contributed by atoms with Gasteiger partial charge in [0.25, 0.3) is 0 Å². The van der Waals surface area contributed by atoms with Gasteiger partial charge in [-0.05, 0) is 54.1 Å². The average Bonchev–Trinajstić information content (AvgIpc) is 3.23. The van der Waals surface area contributed by atoms with E-state index in [4.69, 9.17) is 14.2 Å². The molecule has 0 atom stereocenters. The molecule has 0 spiro atoms. The van der Waals surface area contributed by atoms with Gasteiger partial charge in [0.15, 0.2) is 18.1 Å². The maximum atomic E-state index is 13.6. The molecule has 2 heterocycles. The van der Waals surface area contributed by atoms with E-state index in [0.717, 1.165) is 28.6 Å². The quantitative estimate of drug-likeness (QED) is 0.453. The number of ketones is 1. The molecule has 29 heavy (non-hydrogen) atoms. The number of carbonyl (C=O) groups excluding carboxylic acids is 2. The molecular weight excluding hydrogens is 402 g/mol. The second-order valence-electron chi connectivity index (χ2n) is 6.15. The Morgan fingerprint density at radius 2 is 1.76 bits per heavy atom. The maximum absolute atomic E-state index is 13.6. The van der Waals surface area contributed by atoms with Gasteiger partial charge in [-0.1, -0.05) is 0 Å². The van der Waals surface area contributed by atoms with Crippen LogP contribution in [0.2, 0.25) is 0 Å². The Bertz CT molecular complexity index is 1090. The summed E-state index contributed by atoms with van der Waals surface area (Å²) in [7, 11) is 0. The van der Waals surface area contributed by atoms with Crippen molar-refractivity contribution in [3.8, 4) is 21.9 Å². The van der Waals surface area contributed by atoms with Crippen molar-refractivity contribution in [2.24, 2.45) is 0 Å². The Morgan fingerprint density at radius 3 is 2.59 bits per heavy atom. The van der Waals surface area contributed by atoms with Crippen molar-refractivity contribution in [3.05, 3.63) is 70.6 Å². The number of ether oxygens (including phenoxy) is 3. The molecule has 1 aliphatic heterocycles. The van der Waals surface area contributed by atoms with Crippen LogP contribution in [0.15, 0.2) is 48.5 Å². The third-order valence-electron chi connectivity index (χ3n) is 4.20. The zero-order valence-corrected chi connectivity index (χ0v) is 15.8. The lowest BCUT2D eigenvalue weighted by Gasteiger charge is -2.18. The molecule has 1 aromatic heterocycles. The Morgan fingerprint density at radius 1 is 0.966 bits per heavy atom. The molecule has 4 rings (SSSR count). The van der Waals surface area contributed by atoms with Crippen LogP contribution in [0.4, 0.5) is 8.78 Å². The molecule has 0 saturated carbocycles. The van der Waals surface area contributed by atoms with Gasteiger partial charge in [0.2, 0.25) is 5.78 Å². The summed E-state index contributed by atoms with van der Waals surface area (Å²) in [5, 5.41) is 0. The number of hydrogen-bond acceptors (Lipinski definition) is 6. The van der Waals surface area contributed by atoms with Crippen molar-refractivity contribution in [2.45, 2.75) is 0 Å². The molecule has 1 aliphatic rings. The van der Waals surface area contributed by atoms with Gasteiger partial charge in [-0.25, -0.2) is 13.6 Å². The lowest BCUT2D eigenvalue weighted by Crippen LogP contribution is -2.15. The van der Waals surface area contributed by atoms with E-state index >= 15 is 0 Å². The molecule has 0 N–H and O–H groups in total. The van der Waals surface area contributed by atoms with Crippen LogP contribution in [0, 0.1) is 11.6 Å². The van der Waals surface area contributed by atoms with Crippen LogP contribution in [0.5, 0.6) is 11.5 Å². The zero-order chi connectivity index (χ0) is 20.4. The summed E-state index contributed by atoms with van der Waals surface area (Å²) in [6.45, 7) is 0.286.